The molecule has 0 fully saturated rings. The fourth-order valence-electron chi connectivity index (χ4n) is 5.08. The van der Waals surface area contributed by atoms with Crippen molar-refractivity contribution in [2.75, 3.05) is 27.3 Å². The van der Waals surface area contributed by atoms with Gasteiger partial charge in [0.1, 0.15) is 11.6 Å². The lowest BCUT2D eigenvalue weighted by molar-refractivity contribution is -0.140. The van der Waals surface area contributed by atoms with Crippen LogP contribution in [-0.4, -0.2) is 81.8 Å². The van der Waals surface area contributed by atoms with Crippen molar-refractivity contribution in [3.63, 3.8) is 0 Å². The summed E-state index contributed by atoms with van der Waals surface area (Å²) >= 11 is 6.83. The van der Waals surface area contributed by atoms with Crippen LogP contribution in [0.4, 0.5) is 8.78 Å². The number of aliphatic hydroxyl groups is 2. The van der Waals surface area contributed by atoms with E-state index in [2.05, 4.69) is 20.6 Å². The SMILES string of the molecule is COc1nc(-c2cccc(-c3ccc(F)c(-c4ccc(CNC[C@@H](O)CC(=O)O)c(OC)n4)c3F)c2Cl)ccc1CNC[C@@H](O)CC(=O)O. The van der Waals surface area contributed by atoms with Gasteiger partial charge in [-0.2, -0.15) is 0 Å². The van der Waals surface area contributed by atoms with Gasteiger partial charge in [-0.05, 0) is 24.3 Å². The molecular formula is C34H35ClF2N4O8. The molecule has 2 atom stereocenters. The molecule has 0 saturated carbocycles. The summed E-state index contributed by atoms with van der Waals surface area (Å²) in [6.45, 7) is 0.414. The minimum Gasteiger partial charge on any atom is -0.481 e. The number of carbonyl (C=O) groups is 2. The Balaban J connectivity index is 1.60. The van der Waals surface area contributed by atoms with Gasteiger partial charge in [0.2, 0.25) is 11.8 Å². The number of ether oxygens (including phenoxy) is 2. The molecule has 0 spiro atoms. The standard InChI is InChI=1S/C34H35ClF2N4O8/c1-48-33-18(14-38-16-20(42)12-28(44)45)6-10-26(40-33)24-5-3-4-22(31(24)35)23-8-9-25(36)30(32(23)37)27-11-7-19(34(41-27)49-2)15-39-17-21(43)13-29(46)47/h3-11,20-21,38-39,42-43H,12-17H2,1-2H3,(H,44,45)(H,46,47)/t20-,21-/m0/s1. The van der Waals surface area contributed by atoms with Crippen LogP contribution in [0.1, 0.15) is 24.0 Å². The van der Waals surface area contributed by atoms with Gasteiger partial charge in [0.25, 0.3) is 0 Å². The third kappa shape index (κ3) is 9.46. The first kappa shape index (κ1) is 37.1. The van der Waals surface area contributed by atoms with Crippen LogP contribution >= 0.6 is 11.6 Å². The maximum absolute atomic E-state index is 16.2. The average molecular weight is 701 g/mol. The maximum atomic E-state index is 16.2. The Morgan fingerprint density at radius 2 is 1.27 bits per heavy atom. The van der Waals surface area contributed by atoms with E-state index in [0.29, 0.717) is 22.4 Å². The number of benzene rings is 2. The molecule has 2 aromatic heterocycles. The smallest absolute Gasteiger partial charge is 0.306 e. The lowest BCUT2D eigenvalue weighted by Crippen LogP contribution is -2.28. The number of methoxy groups -OCH3 is 2. The summed E-state index contributed by atoms with van der Waals surface area (Å²) in [7, 11) is 2.78. The Kier molecular flexibility index (Phi) is 12.9. The van der Waals surface area contributed by atoms with Crippen LogP contribution in [0, 0.1) is 11.6 Å². The number of pyridine rings is 2. The molecule has 0 aliphatic heterocycles. The number of carboxylic acids is 2. The highest BCUT2D eigenvalue weighted by atomic mass is 35.5. The largest absolute Gasteiger partial charge is 0.481 e. The van der Waals surface area contributed by atoms with E-state index in [1.807, 2.05) is 0 Å². The number of rotatable bonds is 17. The third-order valence-electron chi connectivity index (χ3n) is 7.39. The summed E-state index contributed by atoms with van der Waals surface area (Å²) < 4.78 is 42.2. The van der Waals surface area contributed by atoms with Crippen molar-refractivity contribution in [3.8, 4) is 45.4 Å². The summed E-state index contributed by atoms with van der Waals surface area (Å²) in [6, 6.07) is 13.7. The molecule has 15 heteroatoms. The van der Waals surface area contributed by atoms with Gasteiger partial charge in [0, 0.05) is 54.0 Å². The van der Waals surface area contributed by atoms with Crippen molar-refractivity contribution in [1.29, 1.82) is 0 Å². The van der Waals surface area contributed by atoms with Gasteiger partial charge in [-0.15, -0.1) is 0 Å². The molecule has 4 rings (SSSR count). The lowest BCUT2D eigenvalue weighted by atomic mass is 9.97. The van der Waals surface area contributed by atoms with Crippen molar-refractivity contribution < 1.29 is 48.3 Å². The van der Waals surface area contributed by atoms with Crippen LogP contribution in [0.25, 0.3) is 33.6 Å². The van der Waals surface area contributed by atoms with Crippen LogP contribution in [0.3, 0.4) is 0 Å². The first-order chi connectivity index (χ1) is 23.4. The monoisotopic (exact) mass is 700 g/mol. The maximum Gasteiger partial charge on any atom is 0.306 e. The molecule has 0 radical (unpaired) electrons. The zero-order chi connectivity index (χ0) is 35.7. The molecule has 0 unspecified atom stereocenters. The summed E-state index contributed by atoms with van der Waals surface area (Å²) in [5.74, 6) is -3.69. The van der Waals surface area contributed by atoms with Crippen molar-refractivity contribution in [1.82, 2.24) is 20.6 Å². The number of aromatic nitrogens is 2. The predicted octanol–water partition coefficient (Wildman–Crippen LogP) is 4.28. The number of nitrogens with one attached hydrogen (secondary N) is 2. The quantitative estimate of drug-likeness (QED) is 0.0921. The molecular weight excluding hydrogens is 666 g/mol. The number of nitrogens with zero attached hydrogens (tertiary/aromatic N) is 2. The van der Waals surface area contributed by atoms with E-state index in [9.17, 15) is 19.8 Å². The van der Waals surface area contributed by atoms with Crippen molar-refractivity contribution in [2.45, 2.75) is 38.1 Å². The van der Waals surface area contributed by atoms with Crippen LogP contribution in [0.2, 0.25) is 5.02 Å². The van der Waals surface area contributed by atoms with E-state index in [0.717, 1.165) is 6.07 Å². The van der Waals surface area contributed by atoms with Crippen molar-refractivity contribution >= 4 is 23.5 Å². The van der Waals surface area contributed by atoms with E-state index in [1.54, 1.807) is 36.4 Å². The van der Waals surface area contributed by atoms with E-state index in [-0.39, 0.29) is 59.8 Å². The Hall–Kier alpha value is -4.73. The second kappa shape index (κ2) is 17.1. The molecule has 0 aliphatic rings. The van der Waals surface area contributed by atoms with Crippen molar-refractivity contribution in [3.05, 3.63) is 82.4 Å². The summed E-state index contributed by atoms with van der Waals surface area (Å²) in [5, 5.41) is 43.2. The van der Waals surface area contributed by atoms with Gasteiger partial charge < -0.3 is 40.5 Å². The van der Waals surface area contributed by atoms with Crippen LogP contribution in [0.5, 0.6) is 11.8 Å². The van der Waals surface area contributed by atoms with Crippen LogP contribution in [0.15, 0.2) is 54.6 Å². The first-order valence-electron chi connectivity index (χ1n) is 15.0. The molecule has 0 saturated heterocycles. The van der Waals surface area contributed by atoms with Crippen molar-refractivity contribution in [2.24, 2.45) is 0 Å². The predicted molar refractivity (Wildman–Crippen MR) is 176 cm³/mol. The van der Waals surface area contributed by atoms with Gasteiger partial charge in [0.05, 0.1) is 61.2 Å². The van der Waals surface area contributed by atoms with Gasteiger partial charge in [-0.1, -0.05) is 41.9 Å². The first-order valence-corrected chi connectivity index (χ1v) is 15.4. The Labute approximate surface area is 285 Å². The second-order valence-corrected chi connectivity index (χ2v) is 11.3. The number of hydrogen-bond donors (Lipinski definition) is 6. The van der Waals surface area contributed by atoms with E-state index in [1.165, 1.54) is 26.4 Å². The number of halogens is 3. The van der Waals surface area contributed by atoms with Gasteiger partial charge >= 0.3 is 11.9 Å². The highest BCUT2D eigenvalue weighted by molar-refractivity contribution is 6.36. The molecule has 12 nitrogen and oxygen atoms in total. The molecule has 0 bridgehead atoms. The molecule has 0 amide bonds. The number of carboxylic acid groups (broad SMARTS) is 2. The number of hydrogen-bond acceptors (Lipinski definition) is 10. The highest BCUT2D eigenvalue weighted by Crippen LogP contribution is 2.40. The Morgan fingerprint density at radius 1 is 0.755 bits per heavy atom. The van der Waals surface area contributed by atoms with Gasteiger partial charge in [-0.3, -0.25) is 9.59 Å². The van der Waals surface area contributed by atoms with Gasteiger partial charge in [0.15, 0.2) is 0 Å². The fraction of sp³-hybridized carbons (Fsp3) is 0.294. The molecule has 2 aromatic carbocycles. The summed E-state index contributed by atoms with van der Waals surface area (Å²) in [6.07, 6.45) is -3.00. The van der Waals surface area contributed by atoms with E-state index < -0.39 is 54.2 Å². The Morgan fingerprint density at radius 3 is 1.80 bits per heavy atom. The van der Waals surface area contributed by atoms with Crippen LogP contribution < -0.4 is 20.1 Å². The van der Waals surface area contributed by atoms with E-state index >= 15 is 8.78 Å². The zero-order valence-corrected chi connectivity index (χ0v) is 27.3. The molecule has 6 N–H and O–H groups in total. The normalized spacial score (nSPS) is 12.4. The molecule has 0 aliphatic carbocycles. The topological polar surface area (TPSA) is 183 Å². The Bertz CT molecular complexity index is 1810. The lowest BCUT2D eigenvalue weighted by Gasteiger charge is -2.16. The molecule has 2 heterocycles. The zero-order valence-electron chi connectivity index (χ0n) is 26.5. The fourth-order valence-corrected chi connectivity index (χ4v) is 5.40. The molecule has 4 aromatic rings. The second-order valence-electron chi connectivity index (χ2n) is 10.9. The molecule has 49 heavy (non-hydrogen) atoms. The number of aliphatic hydroxyl groups excluding tert-OH is 2. The summed E-state index contributed by atoms with van der Waals surface area (Å²) in [4.78, 5) is 30.4. The minimum absolute atomic E-state index is 0.00677. The van der Waals surface area contributed by atoms with Crippen LogP contribution in [-0.2, 0) is 22.7 Å². The summed E-state index contributed by atoms with van der Waals surface area (Å²) in [5.41, 5.74) is 1.84. The minimum atomic E-state index is -1.14. The van der Waals surface area contributed by atoms with E-state index in [4.69, 9.17) is 31.3 Å². The number of aliphatic carboxylic acids is 2. The average Bonchev–Trinajstić information content (AvgIpc) is 3.05. The third-order valence-corrected chi connectivity index (χ3v) is 7.80. The molecule has 260 valence electrons. The van der Waals surface area contributed by atoms with Gasteiger partial charge in [-0.25, -0.2) is 18.7 Å². The highest BCUT2D eigenvalue weighted by Gasteiger charge is 2.22.